The monoisotopic (exact) mass is 310 g/mol. The smallest absolute Gasteiger partial charge is 0.107 e. The lowest BCUT2D eigenvalue weighted by Crippen LogP contribution is -2.21. The molecule has 0 atom stereocenters. The summed E-state index contributed by atoms with van der Waals surface area (Å²) in [4.78, 5) is 4.53. The summed E-state index contributed by atoms with van der Waals surface area (Å²) in [6.45, 7) is 6.09. The molecule has 2 rings (SSSR count). The number of benzene rings is 1. The average Bonchev–Trinajstić information content (AvgIpc) is 2.87. The SMILES string of the molecule is CC(C)NCc1nc(COCc2ccccc2Cl)cs1. The molecule has 0 saturated heterocycles. The summed E-state index contributed by atoms with van der Waals surface area (Å²) in [7, 11) is 0. The zero-order chi connectivity index (χ0) is 14.4. The molecule has 0 radical (unpaired) electrons. The van der Waals surface area contributed by atoms with Crippen LogP contribution < -0.4 is 5.32 Å². The van der Waals surface area contributed by atoms with E-state index in [2.05, 4.69) is 24.1 Å². The minimum absolute atomic E-state index is 0.471. The minimum Gasteiger partial charge on any atom is -0.370 e. The highest BCUT2D eigenvalue weighted by Gasteiger charge is 2.04. The Balaban J connectivity index is 1.78. The van der Waals surface area contributed by atoms with Crippen LogP contribution in [0.4, 0.5) is 0 Å². The van der Waals surface area contributed by atoms with Crippen molar-refractivity contribution in [3.8, 4) is 0 Å². The second-order valence-electron chi connectivity index (χ2n) is 4.85. The number of aromatic nitrogens is 1. The first kappa shape index (κ1) is 15.4. The van der Waals surface area contributed by atoms with Gasteiger partial charge in [0.2, 0.25) is 0 Å². The zero-order valence-electron chi connectivity index (χ0n) is 11.7. The summed E-state index contributed by atoms with van der Waals surface area (Å²) in [6, 6.07) is 8.20. The Labute approximate surface area is 129 Å². The summed E-state index contributed by atoms with van der Waals surface area (Å²) in [5, 5.41) is 7.24. The second-order valence-corrected chi connectivity index (χ2v) is 6.20. The number of hydrogen-bond acceptors (Lipinski definition) is 4. The first-order valence-corrected chi connectivity index (χ1v) is 7.88. The maximum atomic E-state index is 6.08. The number of rotatable bonds is 7. The van der Waals surface area contributed by atoms with Gasteiger partial charge < -0.3 is 10.1 Å². The van der Waals surface area contributed by atoms with Crippen LogP contribution in [-0.4, -0.2) is 11.0 Å². The molecule has 5 heteroatoms. The van der Waals surface area contributed by atoms with Crippen molar-refractivity contribution in [3.05, 3.63) is 50.9 Å². The molecule has 0 aliphatic heterocycles. The van der Waals surface area contributed by atoms with Gasteiger partial charge in [0.05, 0.1) is 18.9 Å². The van der Waals surface area contributed by atoms with Crippen molar-refractivity contribution in [3.63, 3.8) is 0 Å². The van der Waals surface area contributed by atoms with Crippen molar-refractivity contribution in [1.82, 2.24) is 10.3 Å². The van der Waals surface area contributed by atoms with Crippen LogP contribution in [0.1, 0.15) is 30.1 Å². The van der Waals surface area contributed by atoms with Crippen LogP contribution in [0.2, 0.25) is 5.02 Å². The summed E-state index contributed by atoms with van der Waals surface area (Å²) in [5.41, 5.74) is 1.98. The second kappa shape index (κ2) is 7.74. The number of thiazole rings is 1. The fourth-order valence-corrected chi connectivity index (χ4v) is 2.59. The van der Waals surface area contributed by atoms with Gasteiger partial charge in [0.1, 0.15) is 5.01 Å². The molecule has 0 spiro atoms. The van der Waals surface area contributed by atoms with Crippen molar-refractivity contribution < 1.29 is 4.74 Å². The van der Waals surface area contributed by atoms with Gasteiger partial charge in [-0.3, -0.25) is 0 Å². The standard InChI is InChI=1S/C15H19ClN2OS/c1-11(2)17-7-15-18-13(10-20-15)9-19-8-12-5-3-4-6-14(12)16/h3-6,10-11,17H,7-9H2,1-2H3. The number of nitrogens with one attached hydrogen (secondary N) is 1. The van der Waals surface area contributed by atoms with Gasteiger partial charge in [-0.05, 0) is 11.6 Å². The van der Waals surface area contributed by atoms with Crippen LogP contribution in [0.5, 0.6) is 0 Å². The van der Waals surface area contributed by atoms with Gasteiger partial charge in [0.15, 0.2) is 0 Å². The minimum atomic E-state index is 0.471. The van der Waals surface area contributed by atoms with Crippen LogP contribution in [-0.2, 0) is 24.5 Å². The quantitative estimate of drug-likeness (QED) is 0.839. The third-order valence-corrected chi connectivity index (χ3v) is 3.99. The van der Waals surface area contributed by atoms with Gasteiger partial charge in [0, 0.05) is 23.0 Å². The number of nitrogens with zero attached hydrogens (tertiary/aromatic N) is 1. The highest BCUT2D eigenvalue weighted by molar-refractivity contribution is 7.09. The fraction of sp³-hybridized carbons (Fsp3) is 0.400. The third-order valence-electron chi connectivity index (χ3n) is 2.73. The molecule has 1 aromatic carbocycles. The van der Waals surface area contributed by atoms with E-state index in [1.54, 1.807) is 11.3 Å². The highest BCUT2D eigenvalue weighted by atomic mass is 35.5. The Morgan fingerprint density at radius 1 is 1.30 bits per heavy atom. The van der Waals surface area contributed by atoms with E-state index in [4.69, 9.17) is 16.3 Å². The lowest BCUT2D eigenvalue weighted by atomic mass is 10.2. The Hall–Kier alpha value is -0.940. The van der Waals surface area contributed by atoms with Crippen molar-refractivity contribution >= 4 is 22.9 Å². The molecule has 0 aliphatic rings. The van der Waals surface area contributed by atoms with Crippen LogP contribution >= 0.6 is 22.9 Å². The Bertz CT molecular complexity index is 542. The van der Waals surface area contributed by atoms with E-state index < -0.39 is 0 Å². The summed E-state index contributed by atoms with van der Waals surface area (Å²) >= 11 is 7.74. The van der Waals surface area contributed by atoms with Gasteiger partial charge in [-0.1, -0.05) is 43.6 Å². The molecular weight excluding hydrogens is 292 g/mol. The summed E-state index contributed by atoms with van der Waals surface area (Å²) in [5.74, 6) is 0. The molecule has 0 unspecified atom stereocenters. The normalized spacial score (nSPS) is 11.2. The van der Waals surface area contributed by atoms with Gasteiger partial charge in [0.25, 0.3) is 0 Å². The topological polar surface area (TPSA) is 34.2 Å². The Kier molecular flexibility index (Phi) is 5.98. The lowest BCUT2D eigenvalue weighted by molar-refractivity contribution is 0.105. The predicted octanol–water partition coefficient (Wildman–Crippen LogP) is 4.01. The van der Waals surface area contributed by atoms with Gasteiger partial charge in [-0.2, -0.15) is 0 Å². The molecule has 1 heterocycles. The van der Waals surface area contributed by atoms with E-state index in [9.17, 15) is 0 Å². The number of halogens is 1. The van der Waals surface area contributed by atoms with Crippen LogP contribution in [0, 0.1) is 0 Å². The predicted molar refractivity (Wildman–Crippen MR) is 84.0 cm³/mol. The highest BCUT2D eigenvalue weighted by Crippen LogP contribution is 2.17. The maximum Gasteiger partial charge on any atom is 0.107 e. The molecule has 1 aromatic heterocycles. The van der Waals surface area contributed by atoms with Crippen molar-refractivity contribution in [2.24, 2.45) is 0 Å². The maximum absolute atomic E-state index is 6.08. The Morgan fingerprint density at radius 3 is 2.85 bits per heavy atom. The van der Waals surface area contributed by atoms with Crippen molar-refractivity contribution in [2.75, 3.05) is 0 Å². The zero-order valence-corrected chi connectivity index (χ0v) is 13.3. The first-order valence-electron chi connectivity index (χ1n) is 6.63. The molecule has 0 amide bonds. The molecular formula is C15H19ClN2OS. The molecule has 1 N–H and O–H groups in total. The molecule has 20 heavy (non-hydrogen) atoms. The number of ether oxygens (including phenoxy) is 1. The van der Waals surface area contributed by atoms with E-state index in [-0.39, 0.29) is 0 Å². The lowest BCUT2D eigenvalue weighted by Gasteiger charge is -2.05. The third kappa shape index (κ3) is 4.87. The van der Waals surface area contributed by atoms with Crippen LogP contribution in [0.15, 0.2) is 29.6 Å². The van der Waals surface area contributed by atoms with E-state index >= 15 is 0 Å². The molecule has 2 aromatic rings. The summed E-state index contributed by atoms with van der Waals surface area (Å²) < 4.78 is 5.66. The van der Waals surface area contributed by atoms with E-state index in [0.717, 1.165) is 27.8 Å². The van der Waals surface area contributed by atoms with Crippen molar-refractivity contribution in [1.29, 1.82) is 0 Å². The first-order chi connectivity index (χ1) is 9.65. The molecule has 0 aliphatic carbocycles. The largest absolute Gasteiger partial charge is 0.370 e. The van der Waals surface area contributed by atoms with E-state index in [0.29, 0.717) is 19.3 Å². The summed E-state index contributed by atoms with van der Waals surface area (Å²) in [6.07, 6.45) is 0. The fourth-order valence-electron chi connectivity index (χ4n) is 1.67. The molecule has 3 nitrogen and oxygen atoms in total. The molecule has 108 valence electrons. The van der Waals surface area contributed by atoms with Gasteiger partial charge >= 0.3 is 0 Å². The molecule has 0 saturated carbocycles. The Morgan fingerprint density at radius 2 is 2.10 bits per heavy atom. The van der Waals surface area contributed by atoms with Crippen LogP contribution in [0.3, 0.4) is 0 Å². The van der Waals surface area contributed by atoms with E-state index in [1.807, 2.05) is 29.6 Å². The van der Waals surface area contributed by atoms with E-state index in [1.165, 1.54) is 0 Å². The molecule has 0 fully saturated rings. The average molecular weight is 311 g/mol. The number of hydrogen-bond donors (Lipinski definition) is 1. The van der Waals surface area contributed by atoms with Crippen molar-refractivity contribution in [2.45, 2.75) is 39.6 Å². The molecule has 0 bridgehead atoms. The van der Waals surface area contributed by atoms with Gasteiger partial charge in [-0.25, -0.2) is 4.98 Å². The van der Waals surface area contributed by atoms with Crippen LogP contribution in [0.25, 0.3) is 0 Å². The van der Waals surface area contributed by atoms with Gasteiger partial charge in [-0.15, -0.1) is 11.3 Å².